The van der Waals surface area contributed by atoms with Crippen LogP contribution in [-0.4, -0.2) is 41.7 Å². The predicted molar refractivity (Wildman–Crippen MR) is 102 cm³/mol. The molecule has 0 aromatic heterocycles. The largest absolute Gasteiger partial charge is 0.487 e. The van der Waals surface area contributed by atoms with Gasteiger partial charge in [0.1, 0.15) is 17.5 Å². The Bertz CT molecular complexity index is 697. The smallest absolute Gasteiger partial charge is 0.410 e. The van der Waals surface area contributed by atoms with Gasteiger partial charge in [-0.2, -0.15) is 0 Å². The van der Waals surface area contributed by atoms with Gasteiger partial charge in [0.05, 0.1) is 11.0 Å². The zero-order chi connectivity index (χ0) is 18.9. The Hall–Kier alpha value is -1.76. The number of benzene rings is 1. The molecular formula is C19H25BrN2O4. The van der Waals surface area contributed by atoms with Gasteiger partial charge in [0.15, 0.2) is 0 Å². The molecule has 1 saturated heterocycles. The summed E-state index contributed by atoms with van der Waals surface area (Å²) in [5.41, 5.74) is 0.253. The normalized spacial score (nSPS) is 20.0. The van der Waals surface area contributed by atoms with Crippen molar-refractivity contribution in [3.8, 4) is 5.75 Å². The molecule has 142 valence electrons. The fraction of sp³-hybridized carbons (Fsp3) is 0.579. The summed E-state index contributed by atoms with van der Waals surface area (Å²) >= 11 is 3.50. The molecule has 1 aliphatic carbocycles. The molecule has 1 heterocycles. The van der Waals surface area contributed by atoms with Crippen molar-refractivity contribution in [1.29, 1.82) is 0 Å². The summed E-state index contributed by atoms with van der Waals surface area (Å²) in [5.74, 6) is 0.946. The van der Waals surface area contributed by atoms with E-state index in [1.54, 1.807) is 4.90 Å². The van der Waals surface area contributed by atoms with E-state index in [0.717, 1.165) is 29.4 Å². The number of rotatable bonds is 4. The first-order valence-corrected chi connectivity index (χ1v) is 9.75. The lowest BCUT2D eigenvalue weighted by Gasteiger charge is -2.24. The predicted octanol–water partition coefficient (Wildman–Crippen LogP) is 4.19. The minimum Gasteiger partial charge on any atom is -0.487 e. The Morgan fingerprint density at radius 3 is 2.58 bits per heavy atom. The molecule has 0 unspecified atom stereocenters. The molecule has 1 atom stereocenters. The van der Waals surface area contributed by atoms with E-state index in [4.69, 9.17) is 9.47 Å². The summed E-state index contributed by atoms with van der Waals surface area (Å²) in [4.78, 5) is 25.6. The van der Waals surface area contributed by atoms with Gasteiger partial charge in [-0.3, -0.25) is 4.79 Å². The highest BCUT2D eigenvalue weighted by atomic mass is 79.9. The van der Waals surface area contributed by atoms with Crippen molar-refractivity contribution >= 4 is 33.6 Å². The van der Waals surface area contributed by atoms with Crippen molar-refractivity contribution < 1.29 is 19.1 Å². The highest BCUT2D eigenvalue weighted by Gasteiger charge is 2.31. The average molecular weight is 425 g/mol. The highest BCUT2D eigenvalue weighted by Crippen LogP contribution is 2.33. The zero-order valence-electron chi connectivity index (χ0n) is 15.4. The third-order valence-electron chi connectivity index (χ3n) is 4.24. The van der Waals surface area contributed by atoms with Crippen molar-refractivity contribution in [3.05, 3.63) is 22.7 Å². The average Bonchev–Trinajstić information content (AvgIpc) is 3.28. The molecule has 2 aliphatic rings. The fourth-order valence-corrected chi connectivity index (χ4v) is 3.23. The topological polar surface area (TPSA) is 67.9 Å². The van der Waals surface area contributed by atoms with Gasteiger partial charge in [-0.1, -0.05) is 0 Å². The van der Waals surface area contributed by atoms with Crippen LogP contribution in [0, 0.1) is 5.92 Å². The first-order chi connectivity index (χ1) is 12.2. The number of hydrogen-bond donors (Lipinski definition) is 1. The number of amides is 2. The van der Waals surface area contributed by atoms with E-state index < -0.39 is 5.60 Å². The first-order valence-electron chi connectivity index (χ1n) is 8.96. The van der Waals surface area contributed by atoms with Crippen LogP contribution in [0.25, 0.3) is 0 Å². The Morgan fingerprint density at radius 1 is 1.23 bits per heavy atom. The van der Waals surface area contributed by atoms with Crippen LogP contribution in [0.4, 0.5) is 10.5 Å². The molecule has 26 heavy (non-hydrogen) atoms. The molecule has 3 rings (SSSR count). The molecule has 1 saturated carbocycles. The van der Waals surface area contributed by atoms with Crippen LogP contribution in [-0.2, 0) is 9.53 Å². The molecule has 1 N–H and O–H groups in total. The standard InChI is InChI=1S/C19H25BrN2O4/c1-19(2,3)26-18(24)22-9-8-14(11-22)25-16-7-6-13(10-15(16)20)21-17(23)12-4-5-12/h6-7,10,12,14H,4-5,8-9,11H2,1-3H3,(H,21,23)/t14-/m1/s1. The number of hydrogen-bond acceptors (Lipinski definition) is 4. The maximum absolute atomic E-state index is 12.1. The number of likely N-dealkylation sites (tertiary alicyclic amines) is 1. The second kappa shape index (κ2) is 7.47. The van der Waals surface area contributed by atoms with E-state index in [1.807, 2.05) is 39.0 Å². The van der Waals surface area contributed by atoms with Crippen LogP contribution < -0.4 is 10.1 Å². The van der Waals surface area contributed by atoms with Crippen LogP contribution in [0.15, 0.2) is 22.7 Å². The number of anilines is 1. The number of nitrogens with one attached hydrogen (secondary N) is 1. The lowest BCUT2D eigenvalue weighted by Crippen LogP contribution is -2.36. The second-order valence-corrected chi connectivity index (χ2v) is 8.72. The summed E-state index contributed by atoms with van der Waals surface area (Å²) in [6, 6.07) is 5.51. The maximum atomic E-state index is 12.1. The molecule has 7 heteroatoms. The molecule has 0 radical (unpaired) electrons. The molecule has 0 bridgehead atoms. The van der Waals surface area contributed by atoms with Crippen LogP contribution in [0.2, 0.25) is 0 Å². The number of carbonyl (C=O) groups excluding carboxylic acids is 2. The van der Waals surface area contributed by atoms with Crippen LogP contribution >= 0.6 is 15.9 Å². The Balaban J connectivity index is 1.54. The number of nitrogens with zero attached hydrogens (tertiary/aromatic N) is 1. The van der Waals surface area contributed by atoms with Crippen molar-refractivity contribution in [2.75, 3.05) is 18.4 Å². The summed E-state index contributed by atoms with van der Waals surface area (Å²) in [5, 5.41) is 2.92. The van der Waals surface area contributed by atoms with Crippen molar-refractivity contribution in [1.82, 2.24) is 4.90 Å². The Labute approximate surface area is 162 Å². The van der Waals surface area contributed by atoms with E-state index >= 15 is 0 Å². The van der Waals surface area contributed by atoms with Gasteiger partial charge in [-0.15, -0.1) is 0 Å². The van der Waals surface area contributed by atoms with E-state index in [0.29, 0.717) is 18.8 Å². The Kier molecular flexibility index (Phi) is 5.46. The van der Waals surface area contributed by atoms with Crippen molar-refractivity contribution in [2.24, 2.45) is 5.92 Å². The molecular weight excluding hydrogens is 400 g/mol. The van der Waals surface area contributed by atoms with Crippen LogP contribution in [0.1, 0.15) is 40.0 Å². The van der Waals surface area contributed by atoms with Gasteiger partial charge in [0.2, 0.25) is 5.91 Å². The Morgan fingerprint density at radius 2 is 1.96 bits per heavy atom. The van der Waals surface area contributed by atoms with Gasteiger partial charge in [0, 0.05) is 24.6 Å². The fourth-order valence-electron chi connectivity index (χ4n) is 2.76. The molecule has 6 nitrogen and oxygen atoms in total. The number of halogens is 1. The zero-order valence-corrected chi connectivity index (χ0v) is 17.0. The van der Waals surface area contributed by atoms with Gasteiger partial charge < -0.3 is 19.7 Å². The van der Waals surface area contributed by atoms with Gasteiger partial charge in [-0.25, -0.2) is 4.79 Å². The van der Waals surface area contributed by atoms with Crippen molar-refractivity contribution in [2.45, 2.75) is 51.7 Å². The molecule has 1 aliphatic heterocycles. The number of ether oxygens (including phenoxy) is 2. The summed E-state index contributed by atoms with van der Waals surface area (Å²) in [6.45, 7) is 6.69. The van der Waals surface area contributed by atoms with E-state index in [-0.39, 0.29) is 24.0 Å². The van der Waals surface area contributed by atoms with Crippen LogP contribution in [0.3, 0.4) is 0 Å². The second-order valence-electron chi connectivity index (χ2n) is 7.86. The molecule has 2 fully saturated rings. The maximum Gasteiger partial charge on any atom is 0.410 e. The lowest BCUT2D eigenvalue weighted by molar-refractivity contribution is -0.117. The summed E-state index contributed by atoms with van der Waals surface area (Å²) < 4.78 is 12.2. The van der Waals surface area contributed by atoms with Crippen molar-refractivity contribution in [3.63, 3.8) is 0 Å². The minimum absolute atomic E-state index is 0.0780. The molecule has 1 aromatic rings. The summed E-state index contributed by atoms with van der Waals surface area (Å²) in [6.07, 6.45) is 2.33. The highest BCUT2D eigenvalue weighted by molar-refractivity contribution is 9.10. The molecule has 1 aromatic carbocycles. The van der Waals surface area contributed by atoms with Gasteiger partial charge in [0.25, 0.3) is 0 Å². The van der Waals surface area contributed by atoms with E-state index in [1.165, 1.54) is 0 Å². The quantitative estimate of drug-likeness (QED) is 0.786. The van der Waals surface area contributed by atoms with E-state index in [2.05, 4.69) is 21.2 Å². The molecule has 0 spiro atoms. The lowest BCUT2D eigenvalue weighted by atomic mass is 10.2. The third kappa shape index (κ3) is 5.13. The molecule has 2 amide bonds. The van der Waals surface area contributed by atoms with Crippen LogP contribution in [0.5, 0.6) is 5.75 Å². The van der Waals surface area contributed by atoms with E-state index in [9.17, 15) is 9.59 Å². The summed E-state index contributed by atoms with van der Waals surface area (Å²) in [7, 11) is 0. The van der Waals surface area contributed by atoms with Gasteiger partial charge in [-0.05, 0) is 67.7 Å². The SMILES string of the molecule is CC(C)(C)OC(=O)N1CC[C@@H](Oc2ccc(NC(=O)C3CC3)cc2Br)C1. The number of carbonyl (C=O) groups is 2. The van der Waals surface area contributed by atoms with Gasteiger partial charge >= 0.3 is 6.09 Å². The first kappa shape index (κ1) is 19.0. The monoisotopic (exact) mass is 424 g/mol. The minimum atomic E-state index is -0.500. The third-order valence-corrected chi connectivity index (χ3v) is 4.86.